The van der Waals surface area contributed by atoms with E-state index in [2.05, 4.69) is 174 Å². The van der Waals surface area contributed by atoms with Gasteiger partial charge in [0.25, 0.3) is 0 Å². The SMILES string of the molecule is N#Cc1cc(-c2cccc3sc4ccccc4c23)cc2c1oc1c(-n3c4ccc(-c5ccccc5)cc4c4cc(-c5ccccc5)ccc43)cccc12. The fraction of sp³-hybridized carbons (Fsp3) is 0. The lowest BCUT2D eigenvalue weighted by Crippen LogP contribution is -1.94. The summed E-state index contributed by atoms with van der Waals surface area (Å²) in [5.74, 6) is 0. The predicted molar refractivity (Wildman–Crippen MR) is 222 cm³/mol. The third-order valence-electron chi connectivity index (χ3n) is 10.6. The molecule has 0 bridgehead atoms. The van der Waals surface area contributed by atoms with Crippen molar-refractivity contribution in [3.05, 3.63) is 175 Å². The zero-order valence-electron chi connectivity index (χ0n) is 28.4. The molecule has 0 spiro atoms. The Labute approximate surface area is 308 Å². The Morgan fingerprint density at radius 2 is 1.06 bits per heavy atom. The molecule has 11 rings (SSSR count). The minimum Gasteiger partial charge on any atom is -0.452 e. The van der Waals surface area contributed by atoms with Crippen LogP contribution in [0.4, 0.5) is 0 Å². The van der Waals surface area contributed by atoms with E-state index >= 15 is 0 Å². The first-order valence-corrected chi connectivity index (χ1v) is 18.5. The quantitative estimate of drug-likeness (QED) is 0.184. The van der Waals surface area contributed by atoms with Gasteiger partial charge in [0.2, 0.25) is 0 Å². The van der Waals surface area contributed by atoms with E-state index in [9.17, 15) is 5.26 Å². The van der Waals surface area contributed by atoms with Gasteiger partial charge < -0.3 is 8.98 Å². The number of aromatic nitrogens is 1. The molecule has 53 heavy (non-hydrogen) atoms. The van der Waals surface area contributed by atoms with Crippen LogP contribution < -0.4 is 0 Å². The van der Waals surface area contributed by atoms with Gasteiger partial charge in [0, 0.05) is 41.7 Å². The number of para-hydroxylation sites is 1. The summed E-state index contributed by atoms with van der Waals surface area (Å²) in [6, 6.07) is 62.6. The van der Waals surface area contributed by atoms with Crippen LogP contribution in [0, 0.1) is 11.3 Å². The molecule has 0 saturated carbocycles. The molecule has 0 aliphatic heterocycles. The molecular weight excluding hydrogens is 665 g/mol. The topological polar surface area (TPSA) is 41.9 Å². The van der Waals surface area contributed by atoms with Gasteiger partial charge in [0.05, 0.1) is 22.3 Å². The summed E-state index contributed by atoms with van der Waals surface area (Å²) in [5, 5.41) is 17.3. The largest absolute Gasteiger partial charge is 0.452 e. The van der Waals surface area contributed by atoms with Crippen LogP contribution in [0.15, 0.2) is 174 Å². The average molecular weight is 693 g/mol. The highest BCUT2D eigenvalue weighted by Crippen LogP contribution is 2.44. The molecule has 0 N–H and O–H groups in total. The average Bonchev–Trinajstić information content (AvgIpc) is 3.90. The van der Waals surface area contributed by atoms with E-state index in [-0.39, 0.29) is 0 Å². The summed E-state index contributed by atoms with van der Waals surface area (Å²) in [6.45, 7) is 0. The third kappa shape index (κ3) is 4.52. The van der Waals surface area contributed by atoms with Crippen molar-refractivity contribution >= 4 is 75.3 Å². The van der Waals surface area contributed by atoms with E-state index in [0.29, 0.717) is 11.1 Å². The predicted octanol–water partition coefficient (Wildman–Crippen LogP) is 13.9. The van der Waals surface area contributed by atoms with Crippen LogP contribution in [0.25, 0.3) is 103 Å². The molecule has 4 heteroatoms. The van der Waals surface area contributed by atoms with Crippen molar-refractivity contribution < 1.29 is 4.42 Å². The Morgan fingerprint density at radius 3 is 1.75 bits per heavy atom. The van der Waals surface area contributed by atoms with Gasteiger partial charge in [-0.15, -0.1) is 11.3 Å². The summed E-state index contributed by atoms with van der Waals surface area (Å²) < 4.78 is 11.6. The normalized spacial score (nSPS) is 11.8. The maximum absolute atomic E-state index is 10.5. The number of hydrogen-bond acceptors (Lipinski definition) is 3. The van der Waals surface area contributed by atoms with Crippen molar-refractivity contribution in [3.8, 4) is 45.1 Å². The molecule has 3 aromatic heterocycles. The van der Waals surface area contributed by atoms with Gasteiger partial charge in [0.15, 0.2) is 11.2 Å². The smallest absolute Gasteiger partial charge is 0.159 e. The van der Waals surface area contributed by atoms with E-state index in [1.54, 1.807) is 11.3 Å². The standard InChI is InChI=1S/C49H28N2OS/c50-29-35-25-34(36-16-10-20-46-47(36)38-15-7-8-19-45(38)53-46)28-41-37-17-9-18-44(49(37)52-48(35)41)51-42-23-21-32(30-11-3-1-4-12-30)26-39(42)40-27-33(22-24-43(40)51)31-13-5-2-6-14-31/h1-28H. The van der Waals surface area contributed by atoms with Crippen molar-refractivity contribution in [2.45, 2.75) is 0 Å². The fourth-order valence-electron chi connectivity index (χ4n) is 8.22. The van der Waals surface area contributed by atoms with Crippen LogP contribution in [0.3, 0.4) is 0 Å². The first kappa shape index (κ1) is 29.8. The van der Waals surface area contributed by atoms with Crippen molar-refractivity contribution in [1.82, 2.24) is 4.57 Å². The summed E-state index contributed by atoms with van der Waals surface area (Å²) in [7, 11) is 0. The Bertz CT molecular complexity index is 3190. The van der Waals surface area contributed by atoms with Gasteiger partial charge in [-0.25, -0.2) is 0 Å². The highest BCUT2D eigenvalue weighted by Gasteiger charge is 2.21. The van der Waals surface area contributed by atoms with Crippen molar-refractivity contribution in [2.75, 3.05) is 0 Å². The van der Waals surface area contributed by atoms with Crippen LogP contribution in [0.5, 0.6) is 0 Å². The Morgan fingerprint density at radius 1 is 0.453 bits per heavy atom. The zero-order valence-corrected chi connectivity index (χ0v) is 29.2. The first-order valence-electron chi connectivity index (χ1n) is 17.7. The van der Waals surface area contributed by atoms with Crippen LogP contribution >= 0.6 is 11.3 Å². The van der Waals surface area contributed by atoms with E-state index in [0.717, 1.165) is 44.2 Å². The minimum absolute atomic E-state index is 0.526. The molecule has 0 radical (unpaired) electrons. The van der Waals surface area contributed by atoms with Gasteiger partial charge in [0.1, 0.15) is 6.07 Å². The molecule has 0 fully saturated rings. The summed E-state index contributed by atoms with van der Waals surface area (Å²) >= 11 is 1.80. The molecule has 3 nitrogen and oxygen atoms in total. The number of nitriles is 1. The van der Waals surface area contributed by atoms with Gasteiger partial charge in [-0.05, 0) is 88.0 Å². The monoisotopic (exact) mass is 692 g/mol. The Hall–Kier alpha value is -6.93. The number of benzene rings is 8. The third-order valence-corrected chi connectivity index (χ3v) is 11.8. The Balaban J connectivity index is 1.17. The number of rotatable bonds is 4. The molecule has 0 atom stereocenters. The molecule has 3 heterocycles. The fourth-order valence-corrected chi connectivity index (χ4v) is 9.35. The van der Waals surface area contributed by atoms with E-state index in [4.69, 9.17) is 4.42 Å². The van der Waals surface area contributed by atoms with Gasteiger partial charge in [-0.2, -0.15) is 5.26 Å². The van der Waals surface area contributed by atoms with E-state index < -0.39 is 0 Å². The van der Waals surface area contributed by atoms with Gasteiger partial charge >= 0.3 is 0 Å². The van der Waals surface area contributed by atoms with Crippen LogP contribution in [0.2, 0.25) is 0 Å². The summed E-state index contributed by atoms with van der Waals surface area (Å²) in [6.07, 6.45) is 0. The molecule has 0 saturated heterocycles. The lowest BCUT2D eigenvalue weighted by atomic mass is 9.96. The van der Waals surface area contributed by atoms with Crippen molar-refractivity contribution in [1.29, 1.82) is 5.26 Å². The summed E-state index contributed by atoms with van der Waals surface area (Å²) in [4.78, 5) is 0. The van der Waals surface area contributed by atoms with E-state index in [1.807, 2.05) is 6.07 Å². The van der Waals surface area contributed by atoms with E-state index in [1.165, 1.54) is 53.2 Å². The lowest BCUT2D eigenvalue weighted by molar-refractivity contribution is 0.665. The maximum atomic E-state index is 10.5. The molecule has 8 aromatic carbocycles. The van der Waals surface area contributed by atoms with Crippen LogP contribution in [-0.2, 0) is 0 Å². The number of fused-ring (bicyclic) bond motifs is 9. The highest BCUT2D eigenvalue weighted by molar-refractivity contribution is 7.25. The molecule has 0 aliphatic rings. The van der Waals surface area contributed by atoms with Gasteiger partial charge in [-0.1, -0.05) is 115 Å². The maximum Gasteiger partial charge on any atom is 0.159 e. The number of nitrogens with zero attached hydrogens (tertiary/aromatic N) is 2. The zero-order chi connectivity index (χ0) is 35.0. The molecule has 0 amide bonds. The Kier molecular flexibility index (Phi) is 6.48. The van der Waals surface area contributed by atoms with Gasteiger partial charge in [-0.3, -0.25) is 0 Å². The second kappa shape index (κ2) is 11.5. The second-order valence-electron chi connectivity index (χ2n) is 13.6. The van der Waals surface area contributed by atoms with Crippen molar-refractivity contribution in [2.24, 2.45) is 0 Å². The van der Waals surface area contributed by atoms with Crippen LogP contribution in [0.1, 0.15) is 5.56 Å². The number of furan rings is 1. The molecule has 11 aromatic rings. The number of hydrogen-bond donors (Lipinski definition) is 0. The first-order chi connectivity index (χ1) is 26.2. The molecule has 0 aliphatic carbocycles. The molecule has 246 valence electrons. The molecular formula is C49H28N2OS. The molecule has 0 unspecified atom stereocenters. The second-order valence-corrected chi connectivity index (χ2v) is 14.7. The lowest BCUT2D eigenvalue weighted by Gasteiger charge is -2.09. The highest BCUT2D eigenvalue weighted by atomic mass is 32.1. The summed E-state index contributed by atoms with van der Waals surface area (Å²) in [5.41, 5.74) is 11.9. The van der Waals surface area contributed by atoms with Crippen molar-refractivity contribution in [3.63, 3.8) is 0 Å². The van der Waals surface area contributed by atoms with Crippen LogP contribution in [-0.4, -0.2) is 4.57 Å². The minimum atomic E-state index is 0.526. The number of thiophene rings is 1.